The largest absolute Gasteiger partial charge is 0.380 e. The van der Waals surface area contributed by atoms with Gasteiger partial charge < -0.3 is 14.9 Å². The predicted molar refractivity (Wildman–Crippen MR) is 127 cm³/mol. The summed E-state index contributed by atoms with van der Waals surface area (Å²) >= 11 is 0. The van der Waals surface area contributed by atoms with Crippen LogP contribution in [-0.4, -0.2) is 47.6 Å². The van der Waals surface area contributed by atoms with E-state index in [0.29, 0.717) is 5.92 Å². The Labute approximate surface area is 191 Å². The quantitative estimate of drug-likeness (QED) is 0.764. The maximum absolute atomic E-state index is 13.2. The highest BCUT2D eigenvalue weighted by Gasteiger charge is 2.56. The Balaban J connectivity index is 1.55. The van der Waals surface area contributed by atoms with E-state index in [9.17, 15) is 9.90 Å². The zero-order valence-electron chi connectivity index (χ0n) is 19.8. The standard InChI is InChI=1S/C27H35N3O2/c1-19(2)20-6-8-21(9-7-20)27(32,25(3)17-29(4)18-25)22-14-23(16-28-15-22)30-13-12-26(24(30)31)10-5-11-26/h6-9,14-16,19,32H,5,10-13,17-18H2,1-4H3/t27-/m0/s1. The number of amides is 1. The van der Waals surface area contributed by atoms with Gasteiger partial charge in [-0.25, -0.2) is 0 Å². The number of nitrogens with zero attached hydrogens (tertiary/aromatic N) is 3. The van der Waals surface area contributed by atoms with Crippen molar-refractivity contribution < 1.29 is 9.90 Å². The van der Waals surface area contributed by atoms with E-state index in [2.05, 4.69) is 62.0 Å². The van der Waals surface area contributed by atoms with Crippen LogP contribution >= 0.6 is 0 Å². The van der Waals surface area contributed by atoms with Gasteiger partial charge in [-0.1, -0.05) is 51.5 Å². The lowest BCUT2D eigenvalue weighted by Crippen LogP contribution is -2.63. The minimum Gasteiger partial charge on any atom is -0.380 e. The van der Waals surface area contributed by atoms with Gasteiger partial charge in [-0.15, -0.1) is 0 Å². The van der Waals surface area contributed by atoms with E-state index >= 15 is 0 Å². The molecule has 32 heavy (non-hydrogen) atoms. The predicted octanol–water partition coefficient (Wildman–Crippen LogP) is 4.30. The molecule has 5 heteroatoms. The molecule has 0 radical (unpaired) electrons. The first-order valence-corrected chi connectivity index (χ1v) is 12.0. The maximum Gasteiger partial charge on any atom is 0.233 e. The number of pyridine rings is 1. The third-order valence-corrected chi connectivity index (χ3v) is 8.38. The lowest BCUT2D eigenvalue weighted by atomic mass is 9.62. The number of hydrogen-bond acceptors (Lipinski definition) is 4. The van der Waals surface area contributed by atoms with Crippen LogP contribution in [0.5, 0.6) is 0 Å². The molecule has 2 aromatic rings. The molecule has 5 rings (SSSR count). The van der Waals surface area contributed by atoms with Crippen LogP contribution in [0.4, 0.5) is 5.69 Å². The Morgan fingerprint density at radius 2 is 1.75 bits per heavy atom. The number of aromatic nitrogens is 1. The molecule has 1 aromatic heterocycles. The maximum atomic E-state index is 13.2. The molecule has 0 unspecified atom stereocenters. The third kappa shape index (κ3) is 3.05. The minimum atomic E-state index is -1.19. The fourth-order valence-electron chi connectivity index (χ4n) is 6.25. The third-order valence-electron chi connectivity index (χ3n) is 8.38. The SMILES string of the molecule is CC(C)c1ccc([C@](O)(c2cncc(N3CCC4(CCC4)C3=O)c2)C2(C)CN(C)C2)cc1. The van der Waals surface area contributed by atoms with Gasteiger partial charge in [0.25, 0.3) is 0 Å². The summed E-state index contributed by atoms with van der Waals surface area (Å²) in [6.45, 7) is 8.85. The Morgan fingerprint density at radius 1 is 1.06 bits per heavy atom. The molecule has 170 valence electrons. The van der Waals surface area contributed by atoms with Gasteiger partial charge in [0.15, 0.2) is 0 Å². The monoisotopic (exact) mass is 433 g/mol. The van der Waals surface area contributed by atoms with E-state index < -0.39 is 5.60 Å². The average molecular weight is 434 g/mol. The van der Waals surface area contributed by atoms with Gasteiger partial charge >= 0.3 is 0 Å². The van der Waals surface area contributed by atoms with Gasteiger partial charge in [-0.05, 0) is 49.4 Å². The van der Waals surface area contributed by atoms with E-state index in [1.807, 2.05) is 11.0 Å². The molecule has 1 atom stereocenters. The molecule has 1 saturated carbocycles. The summed E-state index contributed by atoms with van der Waals surface area (Å²) in [7, 11) is 2.08. The van der Waals surface area contributed by atoms with Crippen LogP contribution in [0, 0.1) is 10.8 Å². The van der Waals surface area contributed by atoms with Crippen molar-refractivity contribution in [2.24, 2.45) is 10.8 Å². The van der Waals surface area contributed by atoms with Gasteiger partial charge in [0.1, 0.15) is 5.60 Å². The number of likely N-dealkylation sites (tertiary alicyclic amines) is 1. The van der Waals surface area contributed by atoms with E-state index in [-0.39, 0.29) is 16.7 Å². The van der Waals surface area contributed by atoms with Crippen molar-refractivity contribution in [3.63, 3.8) is 0 Å². The van der Waals surface area contributed by atoms with E-state index in [0.717, 1.165) is 62.1 Å². The number of benzene rings is 1. The van der Waals surface area contributed by atoms with Crippen molar-refractivity contribution in [1.82, 2.24) is 9.88 Å². The van der Waals surface area contributed by atoms with Crippen LogP contribution < -0.4 is 4.90 Å². The summed E-state index contributed by atoms with van der Waals surface area (Å²) in [6, 6.07) is 10.4. The van der Waals surface area contributed by atoms with E-state index in [1.165, 1.54) is 5.56 Å². The van der Waals surface area contributed by atoms with Crippen LogP contribution in [0.1, 0.15) is 69.1 Å². The molecule has 3 heterocycles. The Hall–Kier alpha value is -2.24. The molecule has 5 nitrogen and oxygen atoms in total. The molecule has 3 fully saturated rings. The van der Waals surface area contributed by atoms with Crippen molar-refractivity contribution in [1.29, 1.82) is 0 Å². The van der Waals surface area contributed by atoms with Crippen LogP contribution in [0.25, 0.3) is 0 Å². The van der Waals surface area contributed by atoms with Crippen LogP contribution in [0.15, 0.2) is 42.7 Å². The summed E-state index contributed by atoms with van der Waals surface area (Å²) in [5.74, 6) is 0.676. The fourth-order valence-corrected chi connectivity index (χ4v) is 6.25. The molecule has 1 N–H and O–H groups in total. The lowest BCUT2D eigenvalue weighted by molar-refractivity contribution is -0.129. The Bertz CT molecular complexity index is 1020. The molecule has 3 aliphatic rings. The van der Waals surface area contributed by atoms with Crippen molar-refractivity contribution in [3.05, 3.63) is 59.4 Å². The molecular formula is C27H35N3O2. The van der Waals surface area contributed by atoms with Gasteiger partial charge in [-0.2, -0.15) is 0 Å². The zero-order valence-corrected chi connectivity index (χ0v) is 19.8. The summed E-state index contributed by atoms with van der Waals surface area (Å²) in [6.07, 6.45) is 7.65. The number of aliphatic hydroxyl groups is 1. The molecule has 1 spiro atoms. The molecule has 0 bridgehead atoms. The smallest absolute Gasteiger partial charge is 0.233 e. The summed E-state index contributed by atoms with van der Waals surface area (Å²) in [5, 5.41) is 12.4. The van der Waals surface area contributed by atoms with Crippen LogP contribution in [0.3, 0.4) is 0 Å². The van der Waals surface area contributed by atoms with E-state index in [1.54, 1.807) is 12.4 Å². The van der Waals surface area contributed by atoms with Gasteiger partial charge in [-0.3, -0.25) is 9.78 Å². The van der Waals surface area contributed by atoms with Gasteiger partial charge in [0.05, 0.1) is 17.3 Å². The van der Waals surface area contributed by atoms with Gasteiger partial charge in [0, 0.05) is 36.8 Å². The highest BCUT2D eigenvalue weighted by atomic mass is 16.3. The second-order valence-electron chi connectivity index (χ2n) is 11.0. The first-order chi connectivity index (χ1) is 15.2. The normalized spacial score (nSPS) is 23.8. The number of anilines is 1. The minimum absolute atomic E-state index is 0.137. The second-order valence-corrected chi connectivity index (χ2v) is 11.0. The zero-order chi connectivity index (χ0) is 22.7. The average Bonchev–Trinajstić information content (AvgIpc) is 3.10. The summed E-state index contributed by atoms with van der Waals surface area (Å²) < 4.78 is 0. The molecule has 2 saturated heterocycles. The Morgan fingerprint density at radius 3 is 2.28 bits per heavy atom. The number of rotatable bonds is 5. The molecule has 1 amide bonds. The first kappa shape index (κ1) is 21.6. The van der Waals surface area contributed by atoms with Crippen molar-refractivity contribution >= 4 is 11.6 Å². The molecule has 1 aliphatic carbocycles. The van der Waals surface area contributed by atoms with Crippen molar-refractivity contribution in [3.8, 4) is 0 Å². The molecule has 1 aromatic carbocycles. The topological polar surface area (TPSA) is 56.7 Å². The van der Waals surface area contributed by atoms with Crippen LogP contribution in [0.2, 0.25) is 0 Å². The number of carbonyl (C=O) groups is 1. The van der Waals surface area contributed by atoms with Gasteiger partial charge in [0.2, 0.25) is 5.91 Å². The van der Waals surface area contributed by atoms with Crippen molar-refractivity contribution in [2.75, 3.05) is 31.6 Å². The summed E-state index contributed by atoms with van der Waals surface area (Å²) in [5.41, 5.74) is 2.06. The van der Waals surface area contributed by atoms with Crippen molar-refractivity contribution in [2.45, 2.75) is 58.0 Å². The first-order valence-electron chi connectivity index (χ1n) is 12.0. The highest BCUT2D eigenvalue weighted by molar-refractivity contribution is 6.00. The van der Waals surface area contributed by atoms with E-state index in [4.69, 9.17) is 0 Å². The fraction of sp³-hybridized carbons (Fsp3) is 0.556. The second kappa shape index (κ2) is 7.39. The van der Waals surface area contributed by atoms with Crippen LogP contribution in [-0.2, 0) is 10.4 Å². The molecular weight excluding hydrogens is 398 g/mol. The molecule has 2 aliphatic heterocycles. The Kier molecular flexibility index (Phi) is 4.99. The summed E-state index contributed by atoms with van der Waals surface area (Å²) in [4.78, 5) is 21.8. The lowest BCUT2D eigenvalue weighted by Gasteiger charge is -2.56. The number of carbonyl (C=O) groups excluding carboxylic acids is 1. The highest BCUT2D eigenvalue weighted by Crippen LogP contribution is 2.52. The number of hydrogen-bond donors (Lipinski definition) is 1.